The Hall–Kier alpha value is -0.930. The first kappa shape index (κ1) is 15.1. The van der Waals surface area contributed by atoms with Crippen molar-refractivity contribution < 1.29 is 9.47 Å². The van der Waals surface area contributed by atoms with E-state index in [4.69, 9.17) is 21.1 Å². The van der Waals surface area contributed by atoms with E-state index in [1.165, 1.54) is 0 Å². The molecule has 4 heteroatoms. The third-order valence-electron chi connectivity index (χ3n) is 2.84. The molecule has 0 aliphatic rings. The van der Waals surface area contributed by atoms with Gasteiger partial charge in [-0.1, -0.05) is 19.9 Å². The standard InChI is InChI=1S/C14H22ClNO2/c1-10(2)12(15)9-16-8-11-5-6-13(17-3)14(7-11)18-4/h5-7,10,12,16H,8-9H2,1-4H3. The molecule has 1 unspecified atom stereocenters. The van der Waals surface area contributed by atoms with Gasteiger partial charge < -0.3 is 14.8 Å². The number of hydrogen-bond acceptors (Lipinski definition) is 3. The van der Waals surface area contributed by atoms with Crippen LogP contribution in [0.5, 0.6) is 11.5 Å². The Morgan fingerprint density at radius 2 is 1.83 bits per heavy atom. The lowest BCUT2D eigenvalue weighted by atomic mass is 10.1. The first-order valence-electron chi connectivity index (χ1n) is 6.14. The minimum atomic E-state index is 0.158. The molecule has 1 rings (SSSR count). The highest BCUT2D eigenvalue weighted by molar-refractivity contribution is 6.20. The highest BCUT2D eigenvalue weighted by atomic mass is 35.5. The molecule has 0 fully saturated rings. The van der Waals surface area contributed by atoms with Gasteiger partial charge in [-0.15, -0.1) is 11.6 Å². The van der Waals surface area contributed by atoms with Crippen molar-refractivity contribution in [1.82, 2.24) is 5.32 Å². The molecule has 0 amide bonds. The molecule has 0 saturated carbocycles. The summed E-state index contributed by atoms with van der Waals surface area (Å²) >= 11 is 6.18. The predicted octanol–water partition coefficient (Wildman–Crippen LogP) is 3.06. The van der Waals surface area contributed by atoms with Crippen molar-refractivity contribution in [3.05, 3.63) is 23.8 Å². The number of alkyl halides is 1. The van der Waals surface area contributed by atoms with E-state index in [0.29, 0.717) is 5.92 Å². The lowest BCUT2D eigenvalue weighted by molar-refractivity contribution is 0.354. The average molecular weight is 272 g/mol. The van der Waals surface area contributed by atoms with Crippen LogP contribution in [0.1, 0.15) is 19.4 Å². The van der Waals surface area contributed by atoms with E-state index in [2.05, 4.69) is 19.2 Å². The highest BCUT2D eigenvalue weighted by Gasteiger charge is 2.09. The molecule has 1 atom stereocenters. The van der Waals surface area contributed by atoms with E-state index in [1.807, 2.05) is 18.2 Å². The summed E-state index contributed by atoms with van der Waals surface area (Å²) in [7, 11) is 3.28. The van der Waals surface area contributed by atoms with Gasteiger partial charge in [0.1, 0.15) is 0 Å². The molecular formula is C14H22ClNO2. The molecule has 0 heterocycles. The first-order valence-corrected chi connectivity index (χ1v) is 6.57. The molecule has 0 saturated heterocycles. The zero-order valence-corrected chi connectivity index (χ0v) is 12.3. The van der Waals surface area contributed by atoms with Crippen LogP contribution in [0.25, 0.3) is 0 Å². The summed E-state index contributed by atoms with van der Waals surface area (Å²) in [6, 6.07) is 5.91. The van der Waals surface area contributed by atoms with Crippen LogP contribution in [0, 0.1) is 5.92 Å². The Kier molecular flexibility index (Phi) is 6.30. The van der Waals surface area contributed by atoms with Crippen LogP contribution in [0.15, 0.2) is 18.2 Å². The van der Waals surface area contributed by atoms with E-state index >= 15 is 0 Å². The molecule has 0 radical (unpaired) electrons. The minimum absolute atomic E-state index is 0.158. The Bertz CT molecular complexity index is 369. The zero-order valence-electron chi connectivity index (χ0n) is 11.5. The van der Waals surface area contributed by atoms with Gasteiger partial charge in [0.05, 0.1) is 14.2 Å². The van der Waals surface area contributed by atoms with Gasteiger partial charge in [0.25, 0.3) is 0 Å². The smallest absolute Gasteiger partial charge is 0.161 e. The van der Waals surface area contributed by atoms with Crippen LogP contribution < -0.4 is 14.8 Å². The topological polar surface area (TPSA) is 30.5 Å². The van der Waals surface area contributed by atoms with Crippen molar-refractivity contribution >= 4 is 11.6 Å². The molecule has 0 spiro atoms. The number of halogens is 1. The summed E-state index contributed by atoms with van der Waals surface area (Å²) < 4.78 is 10.5. The summed E-state index contributed by atoms with van der Waals surface area (Å²) in [6.07, 6.45) is 0. The number of benzene rings is 1. The van der Waals surface area contributed by atoms with E-state index in [-0.39, 0.29) is 5.38 Å². The Morgan fingerprint density at radius 1 is 1.17 bits per heavy atom. The maximum absolute atomic E-state index is 6.18. The SMILES string of the molecule is COc1ccc(CNCC(Cl)C(C)C)cc1OC. The highest BCUT2D eigenvalue weighted by Crippen LogP contribution is 2.27. The number of nitrogens with one attached hydrogen (secondary N) is 1. The summed E-state index contributed by atoms with van der Waals surface area (Å²) in [5.74, 6) is 1.98. The molecule has 1 aromatic carbocycles. The summed E-state index contributed by atoms with van der Waals surface area (Å²) in [5, 5.41) is 3.50. The fourth-order valence-corrected chi connectivity index (χ4v) is 1.69. The molecule has 1 N–H and O–H groups in total. The maximum atomic E-state index is 6.18. The molecular weight excluding hydrogens is 250 g/mol. The molecule has 0 aliphatic heterocycles. The van der Waals surface area contributed by atoms with E-state index < -0.39 is 0 Å². The zero-order chi connectivity index (χ0) is 13.5. The summed E-state index contributed by atoms with van der Waals surface area (Å²) in [4.78, 5) is 0. The van der Waals surface area contributed by atoms with Crippen LogP contribution in [0.2, 0.25) is 0 Å². The molecule has 1 aromatic rings. The average Bonchev–Trinajstić information content (AvgIpc) is 2.38. The Labute approximate surface area is 114 Å². The second-order valence-corrected chi connectivity index (χ2v) is 5.14. The lowest BCUT2D eigenvalue weighted by Gasteiger charge is -2.14. The van der Waals surface area contributed by atoms with Crippen molar-refractivity contribution in [3.63, 3.8) is 0 Å². The molecule has 0 aliphatic carbocycles. The monoisotopic (exact) mass is 271 g/mol. The Morgan fingerprint density at radius 3 is 2.39 bits per heavy atom. The van der Waals surface area contributed by atoms with Gasteiger partial charge in [-0.2, -0.15) is 0 Å². The third-order valence-corrected chi connectivity index (χ3v) is 3.50. The van der Waals surface area contributed by atoms with Crippen LogP contribution in [-0.2, 0) is 6.54 Å². The normalized spacial score (nSPS) is 12.6. The first-order chi connectivity index (χ1) is 8.58. The molecule has 18 heavy (non-hydrogen) atoms. The maximum Gasteiger partial charge on any atom is 0.161 e. The van der Waals surface area contributed by atoms with Crippen molar-refractivity contribution in [2.75, 3.05) is 20.8 Å². The molecule has 0 bridgehead atoms. The second kappa shape index (κ2) is 7.49. The number of hydrogen-bond donors (Lipinski definition) is 1. The summed E-state index contributed by atoms with van der Waals surface area (Å²) in [5.41, 5.74) is 1.15. The van der Waals surface area contributed by atoms with Crippen LogP contribution in [0.4, 0.5) is 0 Å². The molecule has 102 valence electrons. The second-order valence-electron chi connectivity index (χ2n) is 4.58. The number of methoxy groups -OCH3 is 2. The fraction of sp³-hybridized carbons (Fsp3) is 0.571. The minimum Gasteiger partial charge on any atom is -0.493 e. The quantitative estimate of drug-likeness (QED) is 0.773. The van der Waals surface area contributed by atoms with Gasteiger partial charge in [0.15, 0.2) is 11.5 Å². The van der Waals surface area contributed by atoms with Gasteiger partial charge in [-0.05, 0) is 23.6 Å². The molecule has 3 nitrogen and oxygen atoms in total. The Balaban J connectivity index is 2.53. The van der Waals surface area contributed by atoms with Crippen molar-refractivity contribution in [2.24, 2.45) is 5.92 Å². The molecule has 0 aromatic heterocycles. The number of ether oxygens (including phenoxy) is 2. The van der Waals surface area contributed by atoms with Gasteiger partial charge >= 0.3 is 0 Å². The third kappa shape index (κ3) is 4.39. The van der Waals surface area contributed by atoms with Gasteiger partial charge in [0.2, 0.25) is 0 Å². The van der Waals surface area contributed by atoms with Crippen LogP contribution in [-0.4, -0.2) is 26.1 Å². The van der Waals surface area contributed by atoms with Crippen LogP contribution in [0.3, 0.4) is 0 Å². The summed E-state index contributed by atoms with van der Waals surface area (Å²) in [6.45, 7) is 5.81. The fourth-order valence-electron chi connectivity index (χ4n) is 1.58. The van der Waals surface area contributed by atoms with E-state index in [1.54, 1.807) is 14.2 Å². The van der Waals surface area contributed by atoms with Crippen LogP contribution >= 0.6 is 11.6 Å². The predicted molar refractivity (Wildman–Crippen MR) is 75.7 cm³/mol. The van der Waals surface area contributed by atoms with E-state index in [0.717, 1.165) is 30.2 Å². The van der Waals surface area contributed by atoms with Gasteiger partial charge in [0, 0.05) is 18.5 Å². The van der Waals surface area contributed by atoms with Crippen molar-refractivity contribution in [3.8, 4) is 11.5 Å². The van der Waals surface area contributed by atoms with Crippen molar-refractivity contribution in [1.29, 1.82) is 0 Å². The van der Waals surface area contributed by atoms with Crippen molar-refractivity contribution in [2.45, 2.75) is 25.8 Å². The van der Waals surface area contributed by atoms with E-state index in [9.17, 15) is 0 Å². The number of rotatable bonds is 7. The van der Waals surface area contributed by atoms with Gasteiger partial charge in [-0.3, -0.25) is 0 Å². The van der Waals surface area contributed by atoms with Gasteiger partial charge in [-0.25, -0.2) is 0 Å². The largest absolute Gasteiger partial charge is 0.493 e. The lowest BCUT2D eigenvalue weighted by Crippen LogP contribution is -2.26.